The van der Waals surface area contributed by atoms with Gasteiger partial charge in [0.2, 0.25) is 11.8 Å². The molecule has 3 aromatic carbocycles. The Morgan fingerprint density at radius 1 is 0.875 bits per heavy atom. The zero-order chi connectivity index (χ0) is 34.3. The average Bonchev–Trinajstić information content (AvgIpc) is 3.71. The van der Waals surface area contributed by atoms with Crippen LogP contribution in [-0.4, -0.2) is 52.7 Å². The van der Waals surface area contributed by atoms with Gasteiger partial charge in [-0.25, -0.2) is 4.39 Å². The fraction of sp³-hybridized carbons (Fsp3) is 0.432. The first-order valence-electron chi connectivity index (χ1n) is 16.5. The molecule has 0 bridgehead atoms. The number of hydrogen-bond donors (Lipinski definition) is 2. The Balaban J connectivity index is 1.43. The lowest BCUT2D eigenvalue weighted by Gasteiger charge is -2.47. The summed E-state index contributed by atoms with van der Waals surface area (Å²) < 4.78 is 56.7. The summed E-state index contributed by atoms with van der Waals surface area (Å²) in [6.07, 6.45) is 0.119. The van der Waals surface area contributed by atoms with Crippen molar-refractivity contribution < 1.29 is 31.9 Å². The molecule has 3 aliphatic rings. The molecular formula is C37H40F4N4O3. The second-order valence-electron chi connectivity index (χ2n) is 13.4. The van der Waals surface area contributed by atoms with E-state index < -0.39 is 47.4 Å². The minimum atomic E-state index is -4.61. The Labute approximate surface area is 277 Å². The van der Waals surface area contributed by atoms with Crippen LogP contribution in [0.1, 0.15) is 77.7 Å². The van der Waals surface area contributed by atoms with E-state index in [4.69, 9.17) is 0 Å². The van der Waals surface area contributed by atoms with Gasteiger partial charge >= 0.3 is 6.18 Å². The van der Waals surface area contributed by atoms with Crippen LogP contribution in [0.25, 0.3) is 0 Å². The van der Waals surface area contributed by atoms with Crippen LogP contribution in [0, 0.1) is 31.5 Å². The fourth-order valence-electron chi connectivity index (χ4n) is 7.79. The lowest BCUT2D eigenvalue weighted by atomic mass is 9.76. The Morgan fingerprint density at radius 3 is 2.21 bits per heavy atom. The first-order chi connectivity index (χ1) is 22.8. The van der Waals surface area contributed by atoms with Crippen molar-refractivity contribution in [1.82, 2.24) is 9.80 Å². The first-order valence-corrected chi connectivity index (χ1v) is 16.5. The summed E-state index contributed by atoms with van der Waals surface area (Å²) in [6.45, 7) is 4.96. The summed E-state index contributed by atoms with van der Waals surface area (Å²) in [5.74, 6) is -3.27. The van der Waals surface area contributed by atoms with Crippen molar-refractivity contribution in [3.8, 4) is 0 Å². The number of hydrogen-bond acceptors (Lipinski definition) is 4. The summed E-state index contributed by atoms with van der Waals surface area (Å²) in [4.78, 5) is 44.6. The summed E-state index contributed by atoms with van der Waals surface area (Å²) in [5.41, 5.74) is 0.994. The summed E-state index contributed by atoms with van der Waals surface area (Å²) in [5, 5.41) is 6.25. The zero-order valence-corrected chi connectivity index (χ0v) is 27.2. The second kappa shape index (κ2) is 13.2. The van der Waals surface area contributed by atoms with Gasteiger partial charge < -0.3 is 20.4 Å². The number of likely N-dealkylation sites (tertiary alicyclic amines) is 2. The highest BCUT2D eigenvalue weighted by Crippen LogP contribution is 2.46. The van der Waals surface area contributed by atoms with Gasteiger partial charge in [0.1, 0.15) is 5.82 Å². The Bertz CT molecular complexity index is 1680. The number of anilines is 2. The molecule has 1 aliphatic carbocycles. The molecule has 0 unspecified atom stereocenters. The smallest absolute Gasteiger partial charge is 0.382 e. The third-order valence-corrected chi connectivity index (χ3v) is 10.2. The molecule has 48 heavy (non-hydrogen) atoms. The highest BCUT2D eigenvalue weighted by molar-refractivity contribution is 5.98. The van der Waals surface area contributed by atoms with Crippen molar-refractivity contribution in [2.45, 2.75) is 77.2 Å². The van der Waals surface area contributed by atoms with Crippen LogP contribution in [0.4, 0.5) is 28.9 Å². The number of fused-ring (bicyclic) bond motifs is 1. The lowest BCUT2D eigenvalue weighted by Crippen LogP contribution is -2.55. The van der Waals surface area contributed by atoms with E-state index in [1.807, 2.05) is 24.3 Å². The molecule has 6 rings (SSSR count). The van der Waals surface area contributed by atoms with E-state index in [-0.39, 0.29) is 41.6 Å². The number of piperidine rings is 1. The Hall–Kier alpha value is -4.41. The van der Waals surface area contributed by atoms with Crippen molar-refractivity contribution in [2.75, 3.05) is 23.7 Å². The number of benzene rings is 3. The Kier molecular flexibility index (Phi) is 9.24. The molecule has 4 atom stereocenters. The molecule has 1 saturated carbocycles. The number of carbonyl (C=O) groups excluding carboxylic acids is 3. The molecule has 2 aliphatic heterocycles. The molecule has 0 radical (unpaired) electrons. The molecule has 2 N–H and O–H groups in total. The summed E-state index contributed by atoms with van der Waals surface area (Å²) >= 11 is 0. The predicted octanol–water partition coefficient (Wildman–Crippen LogP) is 7.50. The quantitative estimate of drug-likeness (QED) is 0.268. The van der Waals surface area contributed by atoms with Crippen molar-refractivity contribution in [1.29, 1.82) is 0 Å². The number of rotatable bonds is 6. The minimum Gasteiger partial charge on any atom is -0.382 e. The predicted molar refractivity (Wildman–Crippen MR) is 175 cm³/mol. The van der Waals surface area contributed by atoms with Gasteiger partial charge in [-0.05, 0) is 86.1 Å². The monoisotopic (exact) mass is 664 g/mol. The van der Waals surface area contributed by atoms with Crippen molar-refractivity contribution in [3.63, 3.8) is 0 Å². The maximum absolute atomic E-state index is 15.4. The topological polar surface area (TPSA) is 81.8 Å². The zero-order valence-electron chi connectivity index (χ0n) is 27.2. The van der Waals surface area contributed by atoms with Crippen LogP contribution in [0.3, 0.4) is 0 Å². The number of aryl methyl sites for hydroxylation is 2. The molecule has 3 aromatic rings. The van der Waals surface area contributed by atoms with Gasteiger partial charge in [-0.3, -0.25) is 14.4 Å². The first kappa shape index (κ1) is 33.5. The highest BCUT2D eigenvalue weighted by atomic mass is 19.4. The molecule has 7 nitrogen and oxygen atoms in total. The van der Waals surface area contributed by atoms with E-state index in [1.165, 1.54) is 38.1 Å². The van der Waals surface area contributed by atoms with Gasteiger partial charge in [-0.2, -0.15) is 13.2 Å². The minimum absolute atomic E-state index is 0.0190. The number of halogens is 4. The third kappa shape index (κ3) is 6.64. The molecule has 254 valence electrons. The van der Waals surface area contributed by atoms with Gasteiger partial charge in [-0.15, -0.1) is 0 Å². The maximum Gasteiger partial charge on any atom is 0.416 e. The van der Waals surface area contributed by atoms with E-state index in [1.54, 1.807) is 22.8 Å². The van der Waals surface area contributed by atoms with Gasteiger partial charge in [0.05, 0.1) is 29.1 Å². The van der Waals surface area contributed by atoms with Gasteiger partial charge in [0.15, 0.2) is 0 Å². The van der Waals surface area contributed by atoms with E-state index in [0.29, 0.717) is 23.7 Å². The van der Waals surface area contributed by atoms with Gasteiger partial charge in [0, 0.05) is 37.4 Å². The number of alkyl halides is 3. The van der Waals surface area contributed by atoms with E-state index >= 15 is 4.39 Å². The molecule has 0 spiro atoms. The number of carbonyl (C=O) groups is 3. The molecule has 3 fully saturated rings. The van der Waals surface area contributed by atoms with E-state index in [2.05, 4.69) is 10.6 Å². The molecule has 11 heteroatoms. The highest BCUT2D eigenvalue weighted by Gasteiger charge is 2.52. The number of nitrogens with one attached hydrogen (secondary N) is 2. The van der Waals surface area contributed by atoms with Crippen LogP contribution in [-0.2, 0) is 15.8 Å². The van der Waals surface area contributed by atoms with Crippen molar-refractivity contribution >= 4 is 29.1 Å². The SMILES string of the molecule is CC(=O)N1C[C@@H]2C[C@H](C(=O)Nc3ccc(C)c(C(F)(F)F)c3)[C@H](c3ccc(NC4CCCC4)cc3)N(C(=O)c3c(C)cccc3F)[C@@H]2C1. The third-order valence-electron chi connectivity index (χ3n) is 10.2. The normalized spacial score (nSPS) is 22.8. The number of nitrogens with zero attached hydrogens (tertiary/aromatic N) is 2. The lowest BCUT2D eigenvalue weighted by molar-refractivity contribution is -0.138. The molecule has 0 aromatic heterocycles. The second-order valence-corrected chi connectivity index (χ2v) is 13.4. The van der Waals surface area contributed by atoms with Crippen molar-refractivity contribution in [2.24, 2.45) is 11.8 Å². The van der Waals surface area contributed by atoms with Crippen LogP contribution in [0.5, 0.6) is 0 Å². The van der Waals surface area contributed by atoms with Crippen LogP contribution >= 0.6 is 0 Å². The van der Waals surface area contributed by atoms with Crippen molar-refractivity contribution in [3.05, 3.63) is 94.3 Å². The molecular weight excluding hydrogens is 624 g/mol. The molecule has 2 heterocycles. The summed E-state index contributed by atoms with van der Waals surface area (Å²) in [6, 6.07) is 14.5. The van der Waals surface area contributed by atoms with Gasteiger partial charge in [-0.1, -0.05) is 43.2 Å². The fourth-order valence-corrected chi connectivity index (χ4v) is 7.79. The molecule has 2 saturated heterocycles. The largest absolute Gasteiger partial charge is 0.416 e. The molecule has 3 amide bonds. The van der Waals surface area contributed by atoms with E-state index in [0.717, 1.165) is 37.4 Å². The van der Waals surface area contributed by atoms with Gasteiger partial charge in [0.25, 0.3) is 5.91 Å². The van der Waals surface area contributed by atoms with Crippen LogP contribution < -0.4 is 10.6 Å². The van der Waals surface area contributed by atoms with Crippen LogP contribution in [0.15, 0.2) is 60.7 Å². The average molecular weight is 665 g/mol. The van der Waals surface area contributed by atoms with E-state index in [9.17, 15) is 27.6 Å². The standard InChI is InChI=1S/C37H40F4N4O3/c1-21-11-14-28(18-30(21)37(39,40)41)43-35(47)29-17-25-19-44(23(3)46)20-32(25)45(36(48)33-22(2)7-6-10-31(33)38)34(29)24-12-15-27(16-13-24)42-26-8-4-5-9-26/h6-7,10-16,18,25-26,29,32,34,42H,4-5,8-9,17,19-20H2,1-3H3,(H,43,47)/t25-,29-,32+,34-/m0/s1. The van der Waals surface area contributed by atoms with Crippen LogP contribution in [0.2, 0.25) is 0 Å². The number of amides is 3. The maximum atomic E-state index is 15.4. The summed E-state index contributed by atoms with van der Waals surface area (Å²) in [7, 11) is 0. The Morgan fingerprint density at radius 2 is 1.56 bits per heavy atom.